The Bertz CT molecular complexity index is 609. The Balaban J connectivity index is 2.07. The molecule has 0 radical (unpaired) electrons. The second-order valence-corrected chi connectivity index (χ2v) is 8.14. The lowest BCUT2D eigenvalue weighted by Crippen LogP contribution is -2.35. The molecule has 0 saturated carbocycles. The van der Waals surface area contributed by atoms with Gasteiger partial charge in [-0.3, -0.25) is 0 Å². The fourth-order valence-corrected chi connectivity index (χ4v) is 3.18. The van der Waals surface area contributed by atoms with E-state index in [1.807, 2.05) is 12.1 Å². The number of nitrogens with one attached hydrogen (secondary N) is 1. The fraction of sp³-hybridized carbons (Fsp3) is 0.312. The molecule has 0 aliphatic heterocycles. The van der Waals surface area contributed by atoms with Crippen molar-refractivity contribution in [2.75, 3.05) is 0 Å². The molecule has 5 heteroatoms. The van der Waals surface area contributed by atoms with Crippen LogP contribution in [0, 0.1) is 0 Å². The Morgan fingerprint density at radius 1 is 1.24 bits per heavy atom. The molecular formula is C16H18BrClN2S. The Morgan fingerprint density at radius 3 is 2.57 bits per heavy atom. The summed E-state index contributed by atoms with van der Waals surface area (Å²) in [6, 6.07) is 10.2. The molecule has 1 heterocycles. The molecule has 0 saturated heterocycles. The van der Waals surface area contributed by atoms with Gasteiger partial charge in [0, 0.05) is 27.6 Å². The summed E-state index contributed by atoms with van der Waals surface area (Å²) in [7, 11) is 0. The number of hydrogen-bond donors (Lipinski definition) is 1. The van der Waals surface area contributed by atoms with Crippen LogP contribution in [0.25, 0.3) is 0 Å². The van der Waals surface area contributed by atoms with Gasteiger partial charge in [-0.1, -0.05) is 29.4 Å². The number of aromatic nitrogens is 1. The smallest absolute Gasteiger partial charge is 0.101 e. The molecular weight excluding hydrogens is 368 g/mol. The maximum absolute atomic E-state index is 5.85. The normalized spacial score (nSPS) is 11.7. The summed E-state index contributed by atoms with van der Waals surface area (Å²) in [4.78, 5) is 5.45. The third kappa shape index (κ3) is 5.62. The van der Waals surface area contributed by atoms with Crippen molar-refractivity contribution in [1.29, 1.82) is 0 Å². The largest absolute Gasteiger partial charge is 0.308 e. The van der Waals surface area contributed by atoms with Crippen LogP contribution in [0.4, 0.5) is 0 Å². The molecule has 0 bridgehead atoms. The van der Waals surface area contributed by atoms with Crippen LogP contribution in [0.1, 0.15) is 26.3 Å². The molecule has 0 aliphatic rings. The molecule has 1 aromatic heterocycles. The average molecular weight is 386 g/mol. The molecule has 2 aromatic rings. The minimum absolute atomic E-state index is 0.118. The van der Waals surface area contributed by atoms with Gasteiger partial charge in [-0.2, -0.15) is 0 Å². The van der Waals surface area contributed by atoms with Crippen molar-refractivity contribution in [3.8, 4) is 0 Å². The predicted molar refractivity (Wildman–Crippen MR) is 94.1 cm³/mol. The SMILES string of the molecule is CC(C)(C)NCc1ccc(Sc2ccc(Cl)cn2)c(Br)c1. The highest BCUT2D eigenvalue weighted by Gasteiger charge is 2.10. The summed E-state index contributed by atoms with van der Waals surface area (Å²) in [5.74, 6) is 0. The number of pyridine rings is 1. The number of benzene rings is 1. The van der Waals surface area contributed by atoms with Gasteiger partial charge in [-0.25, -0.2) is 4.98 Å². The second-order valence-electron chi connectivity index (χ2n) is 5.79. The molecule has 2 nitrogen and oxygen atoms in total. The van der Waals surface area contributed by atoms with Crippen LogP contribution in [0.2, 0.25) is 5.02 Å². The summed E-state index contributed by atoms with van der Waals surface area (Å²) >= 11 is 11.1. The van der Waals surface area contributed by atoms with Crippen molar-refractivity contribution >= 4 is 39.3 Å². The number of hydrogen-bond acceptors (Lipinski definition) is 3. The van der Waals surface area contributed by atoms with E-state index >= 15 is 0 Å². The maximum atomic E-state index is 5.85. The molecule has 2 rings (SSSR count). The molecule has 21 heavy (non-hydrogen) atoms. The Kier molecular flexibility index (Phi) is 5.72. The van der Waals surface area contributed by atoms with Crippen molar-refractivity contribution in [2.24, 2.45) is 0 Å². The number of rotatable bonds is 4. The monoisotopic (exact) mass is 384 g/mol. The maximum Gasteiger partial charge on any atom is 0.101 e. The van der Waals surface area contributed by atoms with Crippen molar-refractivity contribution in [2.45, 2.75) is 42.8 Å². The first-order valence-corrected chi connectivity index (χ1v) is 8.65. The Hall–Kier alpha value is -0.550. The Labute approximate surface area is 143 Å². The van der Waals surface area contributed by atoms with Crippen LogP contribution in [-0.4, -0.2) is 10.5 Å². The van der Waals surface area contributed by atoms with Gasteiger partial charge in [0.25, 0.3) is 0 Å². The number of halogens is 2. The average Bonchev–Trinajstić information content (AvgIpc) is 2.41. The van der Waals surface area contributed by atoms with E-state index in [0.717, 1.165) is 20.9 Å². The van der Waals surface area contributed by atoms with E-state index in [1.54, 1.807) is 18.0 Å². The molecule has 0 aliphatic carbocycles. The summed E-state index contributed by atoms with van der Waals surface area (Å²) in [6.45, 7) is 7.35. The van der Waals surface area contributed by atoms with Gasteiger partial charge in [0.15, 0.2) is 0 Å². The molecule has 0 spiro atoms. The highest BCUT2D eigenvalue weighted by Crippen LogP contribution is 2.33. The van der Waals surface area contributed by atoms with Gasteiger partial charge < -0.3 is 5.32 Å². The first kappa shape index (κ1) is 16.8. The van der Waals surface area contributed by atoms with Crippen LogP contribution in [-0.2, 0) is 6.54 Å². The third-order valence-electron chi connectivity index (χ3n) is 2.73. The zero-order valence-electron chi connectivity index (χ0n) is 12.3. The molecule has 1 N–H and O–H groups in total. The lowest BCUT2D eigenvalue weighted by atomic mass is 10.1. The minimum Gasteiger partial charge on any atom is -0.308 e. The zero-order valence-corrected chi connectivity index (χ0v) is 15.4. The van der Waals surface area contributed by atoms with E-state index in [-0.39, 0.29) is 5.54 Å². The van der Waals surface area contributed by atoms with Crippen LogP contribution in [0.5, 0.6) is 0 Å². The minimum atomic E-state index is 0.118. The van der Waals surface area contributed by atoms with Crippen molar-refractivity contribution < 1.29 is 0 Å². The Morgan fingerprint density at radius 2 is 2.00 bits per heavy atom. The van der Waals surface area contributed by atoms with E-state index in [1.165, 1.54) is 5.56 Å². The van der Waals surface area contributed by atoms with Crippen LogP contribution in [0.15, 0.2) is 50.9 Å². The van der Waals surface area contributed by atoms with Crippen molar-refractivity contribution in [3.05, 3.63) is 51.6 Å². The van der Waals surface area contributed by atoms with Crippen LogP contribution in [0.3, 0.4) is 0 Å². The second kappa shape index (κ2) is 7.14. The highest BCUT2D eigenvalue weighted by molar-refractivity contribution is 9.10. The van der Waals surface area contributed by atoms with E-state index in [4.69, 9.17) is 11.6 Å². The van der Waals surface area contributed by atoms with E-state index in [0.29, 0.717) is 5.02 Å². The molecule has 0 fully saturated rings. The molecule has 112 valence electrons. The molecule has 1 aromatic carbocycles. The third-order valence-corrected chi connectivity index (χ3v) is 4.90. The fourth-order valence-electron chi connectivity index (χ4n) is 1.64. The first-order valence-electron chi connectivity index (χ1n) is 6.66. The quantitative estimate of drug-likeness (QED) is 0.748. The lowest BCUT2D eigenvalue weighted by Gasteiger charge is -2.20. The summed E-state index contributed by atoms with van der Waals surface area (Å²) in [6.07, 6.45) is 1.67. The van der Waals surface area contributed by atoms with Crippen LogP contribution < -0.4 is 5.32 Å². The van der Waals surface area contributed by atoms with E-state index in [9.17, 15) is 0 Å². The number of nitrogens with zero attached hydrogens (tertiary/aromatic N) is 1. The summed E-state index contributed by atoms with van der Waals surface area (Å²) in [5.41, 5.74) is 1.37. The lowest BCUT2D eigenvalue weighted by molar-refractivity contribution is 0.424. The molecule has 0 atom stereocenters. The van der Waals surface area contributed by atoms with Gasteiger partial charge in [-0.15, -0.1) is 0 Å². The van der Waals surface area contributed by atoms with Crippen molar-refractivity contribution in [3.63, 3.8) is 0 Å². The zero-order chi connectivity index (χ0) is 15.5. The van der Waals surface area contributed by atoms with Crippen molar-refractivity contribution in [1.82, 2.24) is 10.3 Å². The van der Waals surface area contributed by atoms with Gasteiger partial charge in [0.1, 0.15) is 5.03 Å². The topological polar surface area (TPSA) is 24.9 Å². The standard InChI is InChI=1S/C16H18BrClN2S/c1-16(2,3)20-9-11-4-6-14(13(17)8-11)21-15-7-5-12(18)10-19-15/h4-8,10,20H,9H2,1-3H3. The van der Waals surface area contributed by atoms with Gasteiger partial charge >= 0.3 is 0 Å². The van der Waals surface area contributed by atoms with E-state index < -0.39 is 0 Å². The van der Waals surface area contributed by atoms with Gasteiger partial charge in [-0.05, 0) is 66.5 Å². The highest BCUT2D eigenvalue weighted by atomic mass is 79.9. The van der Waals surface area contributed by atoms with Gasteiger partial charge in [0.05, 0.1) is 5.02 Å². The molecule has 0 amide bonds. The predicted octanol–water partition coefficient (Wildman–Crippen LogP) is 5.54. The van der Waals surface area contributed by atoms with E-state index in [2.05, 4.69) is 65.2 Å². The van der Waals surface area contributed by atoms with Gasteiger partial charge in [0.2, 0.25) is 0 Å². The van der Waals surface area contributed by atoms with Crippen LogP contribution >= 0.6 is 39.3 Å². The first-order chi connectivity index (χ1) is 9.83. The molecule has 0 unspecified atom stereocenters. The summed E-state index contributed by atoms with van der Waals surface area (Å²) in [5, 5.41) is 5.07. The summed E-state index contributed by atoms with van der Waals surface area (Å²) < 4.78 is 1.08.